The maximum absolute atomic E-state index is 12.2. The molecule has 3 heterocycles. The highest BCUT2D eigenvalue weighted by atomic mass is 16.7. The molecule has 0 aromatic rings. The van der Waals surface area contributed by atoms with Crippen LogP contribution >= 0.6 is 0 Å². The summed E-state index contributed by atoms with van der Waals surface area (Å²) in [4.78, 5) is 16.8. The minimum absolute atomic E-state index is 0.121. The van der Waals surface area contributed by atoms with Gasteiger partial charge in [0.2, 0.25) is 0 Å². The molecule has 7 heteroatoms. The van der Waals surface area contributed by atoms with E-state index in [2.05, 4.69) is 51.6 Å². The molecule has 6 nitrogen and oxygen atoms in total. The quantitative estimate of drug-likeness (QED) is 0.430. The molecule has 3 fully saturated rings. The summed E-state index contributed by atoms with van der Waals surface area (Å²) < 4.78 is 17.5. The Balaban J connectivity index is 1.40. The molecule has 3 rings (SSSR count). The molecule has 1 spiro atoms. The van der Waals surface area contributed by atoms with Crippen LogP contribution < -0.4 is 0 Å². The Bertz CT molecular complexity index is 613. The second kappa shape index (κ2) is 10.3. The summed E-state index contributed by atoms with van der Waals surface area (Å²) >= 11 is 0. The summed E-state index contributed by atoms with van der Waals surface area (Å²) in [7, 11) is -0.251. The fourth-order valence-corrected chi connectivity index (χ4v) is 4.90. The van der Waals surface area contributed by atoms with Crippen LogP contribution in [0.3, 0.4) is 0 Å². The van der Waals surface area contributed by atoms with Crippen molar-refractivity contribution in [2.45, 2.75) is 90.8 Å². The molecule has 0 saturated carbocycles. The summed E-state index contributed by atoms with van der Waals surface area (Å²) in [6, 6.07) is 0. The van der Waals surface area contributed by atoms with Gasteiger partial charge in [-0.05, 0) is 78.2 Å². The van der Waals surface area contributed by atoms with E-state index in [0.717, 1.165) is 58.3 Å². The first-order valence-corrected chi connectivity index (χ1v) is 12.3. The first-order valence-electron chi connectivity index (χ1n) is 12.3. The molecular formula is C24H43BN2O4. The molecule has 0 radical (unpaired) electrons. The molecule has 0 aromatic heterocycles. The van der Waals surface area contributed by atoms with Gasteiger partial charge >= 0.3 is 13.2 Å². The Hall–Kier alpha value is -1.05. The molecule has 0 unspecified atom stereocenters. The molecule has 1 amide bonds. The fraction of sp³-hybridized carbons (Fsp3) is 0.875. The van der Waals surface area contributed by atoms with Crippen molar-refractivity contribution in [3.63, 3.8) is 0 Å². The number of carbonyl (C=O) groups is 1. The first-order chi connectivity index (χ1) is 14.7. The zero-order valence-corrected chi connectivity index (χ0v) is 20.5. The highest BCUT2D eigenvalue weighted by Gasteiger charge is 2.50. The molecule has 3 aliphatic heterocycles. The van der Waals surface area contributed by atoms with Crippen LogP contribution in [0.5, 0.6) is 0 Å². The number of piperidine rings is 2. The molecule has 3 aliphatic rings. The Labute approximate surface area is 189 Å². The number of hydrogen-bond acceptors (Lipinski definition) is 5. The molecule has 0 aliphatic carbocycles. The van der Waals surface area contributed by atoms with Gasteiger partial charge < -0.3 is 23.8 Å². The number of amides is 1. The van der Waals surface area contributed by atoms with Gasteiger partial charge in [0.25, 0.3) is 0 Å². The lowest BCUT2D eigenvalue weighted by Gasteiger charge is -2.47. The number of hydrogen-bond donors (Lipinski definition) is 0. The third kappa shape index (κ3) is 6.26. The summed E-state index contributed by atoms with van der Waals surface area (Å²) in [5, 5.41) is 0. The molecular weight excluding hydrogens is 391 g/mol. The van der Waals surface area contributed by atoms with E-state index >= 15 is 0 Å². The average Bonchev–Trinajstić information content (AvgIpc) is 2.92. The molecule has 3 saturated heterocycles. The molecule has 176 valence electrons. The average molecular weight is 434 g/mol. The largest absolute Gasteiger partial charge is 0.486 e. The highest BCUT2D eigenvalue weighted by molar-refractivity contribution is 6.51. The molecule has 31 heavy (non-hydrogen) atoms. The lowest BCUT2D eigenvalue weighted by molar-refractivity contribution is 0.00578. The van der Waals surface area contributed by atoms with Crippen LogP contribution in [0.1, 0.15) is 79.6 Å². The number of ether oxygens (including phenoxy) is 1. The summed E-state index contributed by atoms with van der Waals surface area (Å²) in [5.74, 6) is 2.07. The standard InChI is InChI=1S/C24H43BN2O4/c1-6-7-19-29-21(28)27-17-12-24(13-18-27)11-10-16-26(20-24)15-9-8-14-25-30-22(2,3)23(4,5)31-25/h8,14H,6-7,9-13,15-20H2,1-5H3/b14-8+. The number of nitrogens with zero attached hydrogens (tertiary/aromatic N) is 2. The second-order valence-corrected chi connectivity index (χ2v) is 10.7. The normalized spacial score (nSPS) is 25.5. The predicted molar refractivity (Wildman–Crippen MR) is 125 cm³/mol. The van der Waals surface area contributed by atoms with E-state index in [1.807, 2.05) is 4.90 Å². The van der Waals surface area contributed by atoms with Crippen LogP contribution in [0.4, 0.5) is 4.79 Å². The smallest absolute Gasteiger partial charge is 0.449 e. The molecule has 0 atom stereocenters. The lowest BCUT2D eigenvalue weighted by atomic mass is 9.72. The predicted octanol–water partition coefficient (Wildman–Crippen LogP) is 4.68. The Morgan fingerprint density at radius 2 is 1.74 bits per heavy atom. The third-order valence-electron chi connectivity index (χ3n) is 7.72. The fourth-order valence-electron chi connectivity index (χ4n) is 4.90. The Morgan fingerprint density at radius 3 is 2.39 bits per heavy atom. The van der Waals surface area contributed by atoms with Gasteiger partial charge in [0.1, 0.15) is 0 Å². The van der Waals surface area contributed by atoms with Gasteiger partial charge in [-0.3, -0.25) is 0 Å². The molecule has 0 N–H and O–H groups in total. The highest BCUT2D eigenvalue weighted by Crippen LogP contribution is 2.40. The maximum atomic E-state index is 12.2. The van der Waals surface area contributed by atoms with Crippen molar-refractivity contribution in [2.24, 2.45) is 5.41 Å². The Morgan fingerprint density at radius 1 is 1.06 bits per heavy atom. The van der Waals surface area contributed by atoms with Gasteiger partial charge in [0.15, 0.2) is 0 Å². The van der Waals surface area contributed by atoms with Crippen molar-refractivity contribution in [3.05, 3.63) is 12.1 Å². The van der Waals surface area contributed by atoms with Crippen molar-refractivity contribution in [2.75, 3.05) is 39.3 Å². The van der Waals surface area contributed by atoms with Crippen molar-refractivity contribution in [1.29, 1.82) is 0 Å². The van der Waals surface area contributed by atoms with Crippen molar-refractivity contribution in [3.8, 4) is 0 Å². The number of likely N-dealkylation sites (tertiary alicyclic amines) is 2. The van der Waals surface area contributed by atoms with E-state index < -0.39 is 0 Å². The van der Waals surface area contributed by atoms with Crippen molar-refractivity contribution in [1.82, 2.24) is 9.80 Å². The molecule has 0 bridgehead atoms. The molecule has 0 aromatic carbocycles. The van der Waals surface area contributed by atoms with Gasteiger partial charge in [-0.15, -0.1) is 0 Å². The summed E-state index contributed by atoms with van der Waals surface area (Å²) in [5.41, 5.74) is -0.190. The van der Waals surface area contributed by atoms with Gasteiger partial charge in [-0.1, -0.05) is 25.4 Å². The zero-order chi connectivity index (χ0) is 22.5. The van der Waals surface area contributed by atoms with Crippen LogP contribution in [-0.4, -0.2) is 73.5 Å². The minimum Gasteiger partial charge on any atom is -0.449 e. The van der Waals surface area contributed by atoms with E-state index in [4.69, 9.17) is 14.0 Å². The minimum atomic E-state index is -0.279. The van der Waals surface area contributed by atoms with Crippen molar-refractivity contribution >= 4 is 13.2 Å². The zero-order valence-electron chi connectivity index (χ0n) is 20.5. The summed E-state index contributed by atoms with van der Waals surface area (Å²) in [6.45, 7) is 16.1. The third-order valence-corrected chi connectivity index (χ3v) is 7.72. The van der Waals surface area contributed by atoms with E-state index in [0.29, 0.717) is 12.0 Å². The number of unbranched alkanes of at least 4 members (excludes halogenated alkanes) is 1. The SMILES string of the molecule is CCCCOC(=O)N1CCC2(CCCN(CC/C=C/B3OC(C)(C)C(C)(C)O3)C2)CC1. The lowest BCUT2D eigenvalue weighted by Crippen LogP contribution is -2.50. The van der Waals surface area contributed by atoms with Gasteiger partial charge in [-0.2, -0.15) is 0 Å². The van der Waals surface area contributed by atoms with E-state index in [1.54, 1.807) is 0 Å². The maximum Gasteiger partial charge on any atom is 0.486 e. The van der Waals surface area contributed by atoms with E-state index in [9.17, 15) is 4.79 Å². The topological polar surface area (TPSA) is 51.2 Å². The Kier molecular flexibility index (Phi) is 8.14. The monoisotopic (exact) mass is 434 g/mol. The van der Waals surface area contributed by atoms with Crippen LogP contribution in [0.2, 0.25) is 0 Å². The van der Waals surface area contributed by atoms with Gasteiger partial charge in [-0.25, -0.2) is 4.79 Å². The number of carbonyl (C=O) groups excluding carboxylic acids is 1. The van der Waals surface area contributed by atoms with E-state index in [1.165, 1.54) is 19.4 Å². The van der Waals surface area contributed by atoms with Gasteiger partial charge in [0.05, 0.1) is 17.8 Å². The summed E-state index contributed by atoms with van der Waals surface area (Å²) in [6.07, 6.45) is 9.82. The van der Waals surface area contributed by atoms with Crippen molar-refractivity contribution < 1.29 is 18.8 Å². The van der Waals surface area contributed by atoms with Crippen LogP contribution in [0.25, 0.3) is 0 Å². The van der Waals surface area contributed by atoms with Crippen LogP contribution in [0, 0.1) is 5.41 Å². The second-order valence-electron chi connectivity index (χ2n) is 10.7. The van der Waals surface area contributed by atoms with Crippen LogP contribution in [-0.2, 0) is 14.0 Å². The number of rotatable bonds is 7. The van der Waals surface area contributed by atoms with Gasteiger partial charge in [0, 0.05) is 26.2 Å². The van der Waals surface area contributed by atoms with E-state index in [-0.39, 0.29) is 24.4 Å². The first kappa shape index (κ1) is 24.6. The van der Waals surface area contributed by atoms with Crippen LogP contribution in [0.15, 0.2) is 12.1 Å².